The van der Waals surface area contributed by atoms with Crippen molar-refractivity contribution in [2.75, 3.05) is 24.7 Å². The van der Waals surface area contributed by atoms with E-state index >= 15 is 0 Å². The van der Waals surface area contributed by atoms with Crippen LogP contribution in [0.25, 0.3) is 0 Å². The topological polar surface area (TPSA) is 92.3 Å². The zero-order valence-electron chi connectivity index (χ0n) is 15.2. The lowest BCUT2D eigenvalue weighted by Gasteiger charge is -2.30. The van der Waals surface area contributed by atoms with Crippen LogP contribution < -0.4 is 5.32 Å². The van der Waals surface area contributed by atoms with Gasteiger partial charge in [-0.15, -0.1) is 10.2 Å². The van der Waals surface area contributed by atoms with Crippen molar-refractivity contribution in [2.45, 2.75) is 29.9 Å². The number of aryl methyl sites for hydroxylation is 1. The lowest BCUT2D eigenvalue weighted by Crippen LogP contribution is -2.41. The maximum absolute atomic E-state index is 12.7. The fourth-order valence-electron chi connectivity index (χ4n) is 3.05. The minimum Gasteiger partial charge on any atom is -0.300 e. The van der Waals surface area contributed by atoms with Crippen LogP contribution in [0, 0.1) is 12.8 Å². The molecule has 1 aromatic heterocycles. The van der Waals surface area contributed by atoms with Crippen molar-refractivity contribution in [3.05, 3.63) is 35.4 Å². The predicted molar refractivity (Wildman–Crippen MR) is 108 cm³/mol. The van der Waals surface area contributed by atoms with Gasteiger partial charge < -0.3 is 5.32 Å². The van der Waals surface area contributed by atoms with E-state index in [0.717, 1.165) is 15.5 Å². The molecule has 2 aromatic rings. The molecule has 0 bridgehead atoms. The number of carbonyl (C=O) groups excluding carboxylic acids is 1. The number of anilines is 1. The summed E-state index contributed by atoms with van der Waals surface area (Å²) in [7, 11) is -3.38. The molecule has 3 rings (SSSR count). The number of benzene rings is 1. The number of nitrogens with one attached hydrogen (secondary N) is 1. The first-order valence-corrected chi connectivity index (χ1v) is 12.2. The number of piperidine rings is 1. The Morgan fingerprint density at radius 2 is 2.07 bits per heavy atom. The summed E-state index contributed by atoms with van der Waals surface area (Å²) in [6, 6.07) is 7.53. The Morgan fingerprint density at radius 3 is 2.70 bits per heavy atom. The van der Waals surface area contributed by atoms with Gasteiger partial charge in [-0.05, 0) is 31.6 Å². The summed E-state index contributed by atoms with van der Waals surface area (Å²) in [4.78, 5) is 12.4. The molecule has 27 heavy (non-hydrogen) atoms. The second-order valence-corrected chi connectivity index (χ2v) is 10.5. The van der Waals surface area contributed by atoms with Crippen LogP contribution in [0.15, 0.2) is 28.6 Å². The molecule has 0 aliphatic carbocycles. The van der Waals surface area contributed by atoms with Gasteiger partial charge in [-0.3, -0.25) is 4.79 Å². The van der Waals surface area contributed by atoms with Crippen LogP contribution in [0.5, 0.6) is 0 Å². The van der Waals surface area contributed by atoms with E-state index in [4.69, 9.17) is 0 Å². The van der Waals surface area contributed by atoms with Crippen LogP contribution >= 0.6 is 23.1 Å². The summed E-state index contributed by atoms with van der Waals surface area (Å²) in [5.74, 6) is -0.333. The molecule has 10 heteroatoms. The number of thioether (sulfide) groups is 1. The van der Waals surface area contributed by atoms with Gasteiger partial charge in [-0.2, -0.15) is 0 Å². The Kier molecular flexibility index (Phi) is 6.51. The van der Waals surface area contributed by atoms with Crippen molar-refractivity contribution in [3.8, 4) is 0 Å². The molecule has 1 N–H and O–H groups in total. The maximum Gasteiger partial charge on any atom is 0.229 e. The predicted octanol–water partition coefficient (Wildman–Crippen LogP) is 2.75. The number of amides is 1. The summed E-state index contributed by atoms with van der Waals surface area (Å²) < 4.78 is 27.6. The minimum atomic E-state index is -3.38. The Balaban J connectivity index is 1.55. The van der Waals surface area contributed by atoms with Gasteiger partial charge in [0, 0.05) is 19.0 Å². The number of rotatable bonds is 6. The van der Waals surface area contributed by atoms with Crippen LogP contribution in [0.3, 0.4) is 0 Å². The quantitative estimate of drug-likeness (QED) is 0.564. The number of carbonyl (C=O) groups is 1. The van der Waals surface area contributed by atoms with Crippen molar-refractivity contribution in [3.63, 3.8) is 0 Å². The highest BCUT2D eigenvalue weighted by atomic mass is 32.2. The zero-order valence-corrected chi connectivity index (χ0v) is 17.7. The van der Waals surface area contributed by atoms with Crippen molar-refractivity contribution >= 4 is 44.2 Å². The smallest absolute Gasteiger partial charge is 0.229 e. The average molecular weight is 427 g/mol. The fourth-order valence-corrected chi connectivity index (χ4v) is 5.77. The van der Waals surface area contributed by atoms with E-state index in [-0.39, 0.29) is 17.6 Å². The second kappa shape index (κ2) is 8.68. The lowest BCUT2D eigenvalue weighted by molar-refractivity contribution is -0.120. The van der Waals surface area contributed by atoms with Gasteiger partial charge in [0.05, 0.1) is 5.75 Å². The largest absolute Gasteiger partial charge is 0.300 e. The molecular formula is C17H22N4O3S3. The molecule has 1 saturated heterocycles. The number of sulfonamides is 1. The molecule has 2 heterocycles. The van der Waals surface area contributed by atoms with Crippen molar-refractivity contribution in [1.29, 1.82) is 0 Å². The number of hydrogen-bond donors (Lipinski definition) is 1. The van der Waals surface area contributed by atoms with Gasteiger partial charge in [0.1, 0.15) is 0 Å². The third-order valence-corrected chi connectivity index (χ3v) is 8.13. The minimum absolute atomic E-state index is 0.00616. The fraction of sp³-hybridized carbons (Fsp3) is 0.471. The molecule has 7 nitrogen and oxygen atoms in total. The van der Waals surface area contributed by atoms with Crippen LogP contribution in [0.2, 0.25) is 0 Å². The molecule has 1 aliphatic heterocycles. The molecule has 0 unspecified atom stereocenters. The molecule has 1 fully saturated rings. The van der Waals surface area contributed by atoms with Crippen LogP contribution in [0.1, 0.15) is 24.0 Å². The SMILES string of the molecule is CSc1nnc(NC(=O)C2CCN(S(=O)(=O)Cc3cccc(C)c3)CC2)s1. The van der Waals surface area contributed by atoms with Gasteiger partial charge in [-0.1, -0.05) is 52.9 Å². The van der Waals surface area contributed by atoms with E-state index < -0.39 is 10.0 Å². The Morgan fingerprint density at radius 1 is 1.33 bits per heavy atom. The van der Waals surface area contributed by atoms with Gasteiger partial charge in [-0.25, -0.2) is 12.7 Å². The normalized spacial score (nSPS) is 16.4. The summed E-state index contributed by atoms with van der Waals surface area (Å²) in [5.41, 5.74) is 1.83. The van der Waals surface area contributed by atoms with Gasteiger partial charge >= 0.3 is 0 Å². The highest BCUT2D eigenvalue weighted by Gasteiger charge is 2.31. The first kappa shape index (κ1) is 20.2. The molecule has 1 aliphatic rings. The molecule has 0 radical (unpaired) electrons. The first-order chi connectivity index (χ1) is 12.9. The van der Waals surface area contributed by atoms with Gasteiger partial charge in [0.2, 0.25) is 21.1 Å². The van der Waals surface area contributed by atoms with Crippen LogP contribution in [-0.2, 0) is 20.6 Å². The lowest BCUT2D eigenvalue weighted by atomic mass is 9.97. The zero-order chi connectivity index (χ0) is 19.4. The molecule has 0 atom stereocenters. The highest BCUT2D eigenvalue weighted by molar-refractivity contribution is 8.00. The van der Waals surface area contributed by atoms with E-state index in [1.807, 2.05) is 37.4 Å². The maximum atomic E-state index is 12.7. The van der Waals surface area contributed by atoms with Crippen LogP contribution in [0.4, 0.5) is 5.13 Å². The van der Waals surface area contributed by atoms with E-state index in [1.54, 1.807) is 0 Å². The van der Waals surface area contributed by atoms with Gasteiger partial charge in [0.25, 0.3) is 0 Å². The van der Waals surface area contributed by atoms with E-state index in [1.165, 1.54) is 27.4 Å². The molecular weight excluding hydrogens is 404 g/mol. The molecule has 0 saturated carbocycles. The van der Waals surface area contributed by atoms with Crippen molar-refractivity contribution < 1.29 is 13.2 Å². The summed E-state index contributed by atoms with van der Waals surface area (Å²) >= 11 is 2.81. The van der Waals surface area contributed by atoms with Crippen molar-refractivity contribution in [2.24, 2.45) is 5.92 Å². The standard InChI is InChI=1S/C17H22N4O3S3/c1-12-4-3-5-13(10-12)11-27(23,24)21-8-6-14(7-9-21)15(22)18-16-19-20-17(25-2)26-16/h3-5,10,14H,6-9,11H2,1-2H3,(H,18,19,22). The third kappa shape index (κ3) is 5.28. The Bertz CT molecular complexity index is 906. The summed E-state index contributed by atoms with van der Waals surface area (Å²) in [6.45, 7) is 2.66. The molecule has 146 valence electrons. The van der Waals surface area contributed by atoms with Crippen LogP contribution in [-0.4, -0.2) is 48.2 Å². The number of aromatic nitrogens is 2. The highest BCUT2D eigenvalue weighted by Crippen LogP contribution is 2.26. The monoisotopic (exact) mass is 426 g/mol. The molecule has 0 spiro atoms. The Labute approximate surface area is 167 Å². The number of nitrogens with zero attached hydrogens (tertiary/aromatic N) is 3. The summed E-state index contributed by atoms with van der Waals surface area (Å²) in [5, 5.41) is 11.2. The number of hydrogen-bond acceptors (Lipinski definition) is 7. The van der Waals surface area contributed by atoms with E-state index in [0.29, 0.717) is 31.1 Å². The average Bonchev–Trinajstić information content (AvgIpc) is 3.09. The van der Waals surface area contributed by atoms with E-state index in [9.17, 15) is 13.2 Å². The second-order valence-electron chi connectivity index (χ2n) is 6.49. The Hall–Kier alpha value is -1.49. The molecule has 1 aromatic carbocycles. The third-order valence-electron chi connectivity index (χ3n) is 4.46. The first-order valence-electron chi connectivity index (χ1n) is 8.59. The molecule has 1 amide bonds. The van der Waals surface area contributed by atoms with E-state index in [2.05, 4.69) is 15.5 Å². The van der Waals surface area contributed by atoms with Crippen molar-refractivity contribution in [1.82, 2.24) is 14.5 Å². The van der Waals surface area contributed by atoms with Gasteiger partial charge in [0.15, 0.2) is 4.34 Å². The summed E-state index contributed by atoms with van der Waals surface area (Å²) in [6.07, 6.45) is 2.92.